The van der Waals surface area contributed by atoms with E-state index in [0.717, 1.165) is 16.4 Å². The van der Waals surface area contributed by atoms with Gasteiger partial charge in [-0.3, -0.25) is 4.31 Å². The highest BCUT2D eigenvalue weighted by atomic mass is 32.2. The van der Waals surface area contributed by atoms with Gasteiger partial charge in [0.25, 0.3) is 10.0 Å². The lowest BCUT2D eigenvalue weighted by Crippen LogP contribution is -2.31. The third-order valence-corrected chi connectivity index (χ3v) is 5.89. The number of sulfonamides is 1. The fourth-order valence-electron chi connectivity index (χ4n) is 2.62. The molecule has 0 aliphatic rings. The van der Waals surface area contributed by atoms with Crippen LogP contribution in [0, 0.1) is 12.7 Å². The first-order chi connectivity index (χ1) is 12.8. The van der Waals surface area contributed by atoms with Crippen molar-refractivity contribution in [2.24, 2.45) is 0 Å². The zero-order chi connectivity index (χ0) is 19.6. The first-order valence-electron chi connectivity index (χ1n) is 7.93. The van der Waals surface area contributed by atoms with Gasteiger partial charge in [0.2, 0.25) is 0 Å². The third-order valence-electron chi connectivity index (χ3n) is 3.98. The van der Waals surface area contributed by atoms with E-state index in [1.165, 1.54) is 36.6 Å². The van der Waals surface area contributed by atoms with Crippen molar-refractivity contribution < 1.29 is 27.1 Å². The Bertz CT molecular complexity index is 1080. The molecule has 0 atom stereocenters. The number of hydrogen-bond donors (Lipinski definition) is 1. The van der Waals surface area contributed by atoms with E-state index in [1.807, 2.05) is 0 Å². The van der Waals surface area contributed by atoms with E-state index < -0.39 is 21.8 Å². The Morgan fingerprint density at radius 1 is 1.15 bits per heavy atom. The second kappa shape index (κ2) is 7.24. The summed E-state index contributed by atoms with van der Waals surface area (Å²) < 4.78 is 46.6. The highest BCUT2D eigenvalue weighted by Gasteiger charge is 2.28. The van der Waals surface area contributed by atoms with E-state index in [1.54, 1.807) is 19.1 Å². The normalized spacial score (nSPS) is 11.3. The van der Waals surface area contributed by atoms with Crippen LogP contribution in [0.25, 0.3) is 0 Å². The Kier molecular flexibility index (Phi) is 5.00. The molecule has 2 aromatic carbocycles. The van der Waals surface area contributed by atoms with Gasteiger partial charge in [-0.25, -0.2) is 17.6 Å². The number of anilines is 1. The molecule has 0 spiro atoms. The molecule has 1 heterocycles. The van der Waals surface area contributed by atoms with Crippen LogP contribution < -0.4 is 4.31 Å². The maximum atomic E-state index is 13.7. The largest absolute Gasteiger partial charge is 0.478 e. The van der Waals surface area contributed by atoms with Gasteiger partial charge in [-0.2, -0.15) is 0 Å². The van der Waals surface area contributed by atoms with Crippen molar-refractivity contribution in [2.45, 2.75) is 18.4 Å². The highest BCUT2D eigenvalue weighted by Crippen LogP contribution is 2.29. The topological polar surface area (TPSA) is 87.8 Å². The van der Waals surface area contributed by atoms with E-state index in [9.17, 15) is 22.7 Å². The molecule has 3 rings (SSSR count). The van der Waals surface area contributed by atoms with Crippen molar-refractivity contribution in [1.29, 1.82) is 0 Å². The SMILES string of the molecule is Cc1ccc(C(=O)O)cc1S(=O)(=O)N(Cc1ccco1)c1cccc(F)c1. The lowest BCUT2D eigenvalue weighted by molar-refractivity contribution is 0.0696. The molecule has 0 radical (unpaired) electrons. The van der Waals surface area contributed by atoms with Gasteiger partial charge in [-0.05, 0) is 55.0 Å². The average Bonchev–Trinajstić information content (AvgIpc) is 3.12. The highest BCUT2D eigenvalue weighted by molar-refractivity contribution is 7.92. The minimum atomic E-state index is -4.19. The van der Waals surface area contributed by atoms with Crippen molar-refractivity contribution in [1.82, 2.24) is 0 Å². The molecule has 0 unspecified atom stereocenters. The molecule has 1 aromatic heterocycles. The lowest BCUT2D eigenvalue weighted by atomic mass is 10.1. The Balaban J connectivity index is 2.16. The van der Waals surface area contributed by atoms with Gasteiger partial charge >= 0.3 is 5.97 Å². The molecular formula is C19H16FNO5S. The average molecular weight is 389 g/mol. The fourth-order valence-corrected chi connectivity index (χ4v) is 4.30. The van der Waals surface area contributed by atoms with Gasteiger partial charge in [-0.15, -0.1) is 0 Å². The van der Waals surface area contributed by atoms with Crippen LogP contribution in [0.1, 0.15) is 21.7 Å². The van der Waals surface area contributed by atoms with Gasteiger partial charge < -0.3 is 9.52 Å². The summed E-state index contributed by atoms with van der Waals surface area (Å²) in [5.41, 5.74) is 0.323. The Morgan fingerprint density at radius 2 is 1.93 bits per heavy atom. The molecule has 0 saturated carbocycles. The summed E-state index contributed by atoms with van der Waals surface area (Å²) in [4.78, 5) is 11.1. The molecule has 0 saturated heterocycles. The molecule has 8 heteroatoms. The number of furan rings is 1. The van der Waals surface area contributed by atoms with Crippen molar-refractivity contribution in [3.63, 3.8) is 0 Å². The number of aromatic carboxylic acids is 1. The molecule has 0 amide bonds. The predicted octanol–water partition coefficient (Wildman–Crippen LogP) is 3.82. The molecule has 0 aliphatic carbocycles. The number of halogens is 1. The molecule has 27 heavy (non-hydrogen) atoms. The second-order valence-corrected chi connectivity index (χ2v) is 7.69. The second-order valence-electron chi connectivity index (χ2n) is 5.86. The summed E-state index contributed by atoms with van der Waals surface area (Å²) >= 11 is 0. The van der Waals surface area contributed by atoms with Crippen LogP contribution in [0.3, 0.4) is 0 Å². The predicted molar refractivity (Wildman–Crippen MR) is 96.6 cm³/mol. The zero-order valence-electron chi connectivity index (χ0n) is 14.3. The van der Waals surface area contributed by atoms with Crippen molar-refractivity contribution in [3.8, 4) is 0 Å². The van der Waals surface area contributed by atoms with Crippen LogP contribution >= 0.6 is 0 Å². The summed E-state index contributed by atoms with van der Waals surface area (Å²) in [5.74, 6) is -1.48. The monoisotopic (exact) mass is 389 g/mol. The number of hydrogen-bond acceptors (Lipinski definition) is 4. The van der Waals surface area contributed by atoms with Gasteiger partial charge in [0.15, 0.2) is 0 Å². The molecule has 0 aliphatic heterocycles. The maximum Gasteiger partial charge on any atom is 0.335 e. The van der Waals surface area contributed by atoms with Crippen LogP contribution in [0.5, 0.6) is 0 Å². The first kappa shape index (κ1) is 18.7. The molecule has 0 bridgehead atoms. The molecule has 1 N–H and O–H groups in total. The summed E-state index contributed by atoms with van der Waals surface area (Å²) in [6.07, 6.45) is 1.40. The minimum absolute atomic E-state index is 0.103. The van der Waals surface area contributed by atoms with Crippen molar-refractivity contribution in [2.75, 3.05) is 4.31 Å². The number of benzene rings is 2. The number of rotatable bonds is 6. The molecule has 6 nitrogen and oxygen atoms in total. The molecule has 140 valence electrons. The van der Waals surface area contributed by atoms with E-state index in [0.29, 0.717) is 11.3 Å². The quantitative estimate of drug-likeness (QED) is 0.692. The van der Waals surface area contributed by atoms with Crippen LogP contribution in [0.15, 0.2) is 70.2 Å². The van der Waals surface area contributed by atoms with Gasteiger partial charge in [0.05, 0.1) is 29.0 Å². The smallest absolute Gasteiger partial charge is 0.335 e. The summed E-state index contributed by atoms with van der Waals surface area (Å²) in [7, 11) is -4.19. The number of nitrogens with zero attached hydrogens (tertiary/aromatic N) is 1. The number of aryl methyl sites for hydroxylation is 1. The van der Waals surface area contributed by atoms with Gasteiger partial charge in [0.1, 0.15) is 11.6 Å². The minimum Gasteiger partial charge on any atom is -0.478 e. The Morgan fingerprint density at radius 3 is 2.56 bits per heavy atom. The summed E-state index contributed by atoms with van der Waals surface area (Å²) in [6, 6.07) is 12.2. The fraction of sp³-hybridized carbons (Fsp3) is 0.105. The number of carboxylic acids is 1. The van der Waals surface area contributed by atoms with E-state index >= 15 is 0 Å². The summed E-state index contributed by atoms with van der Waals surface area (Å²) in [6.45, 7) is 1.39. The molecule has 0 fully saturated rings. The number of carbonyl (C=O) groups is 1. The van der Waals surface area contributed by atoms with Crippen LogP contribution in [0.4, 0.5) is 10.1 Å². The van der Waals surface area contributed by atoms with Crippen LogP contribution in [-0.2, 0) is 16.6 Å². The van der Waals surface area contributed by atoms with E-state index in [2.05, 4.69) is 0 Å². The van der Waals surface area contributed by atoms with E-state index in [-0.39, 0.29) is 22.7 Å². The van der Waals surface area contributed by atoms with Gasteiger partial charge in [0, 0.05) is 0 Å². The lowest BCUT2D eigenvalue weighted by Gasteiger charge is -2.24. The van der Waals surface area contributed by atoms with Crippen molar-refractivity contribution in [3.05, 3.63) is 83.6 Å². The Labute approximate surface area is 155 Å². The first-order valence-corrected chi connectivity index (χ1v) is 9.37. The molecule has 3 aromatic rings. The number of carboxylic acid groups (broad SMARTS) is 1. The van der Waals surface area contributed by atoms with Crippen molar-refractivity contribution >= 4 is 21.7 Å². The Hall–Kier alpha value is -3.13. The van der Waals surface area contributed by atoms with E-state index in [4.69, 9.17) is 4.42 Å². The zero-order valence-corrected chi connectivity index (χ0v) is 15.1. The molecular weight excluding hydrogens is 373 g/mol. The summed E-state index contributed by atoms with van der Waals surface area (Å²) in [5, 5.41) is 9.19. The van der Waals surface area contributed by atoms with Gasteiger partial charge in [-0.1, -0.05) is 12.1 Å². The van der Waals surface area contributed by atoms with Crippen LogP contribution in [0.2, 0.25) is 0 Å². The maximum absolute atomic E-state index is 13.7. The van der Waals surface area contributed by atoms with Crippen LogP contribution in [-0.4, -0.2) is 19.5 Å². The standard InChI is InChI=1S/C19H16FNO5S/c1-13-7-8-14(19(22)23)10-18(13)27(24,25)21(12-17-6-3-9-26-17)16-5-2-4-15(20)11-16/h2-11H,12H2,1H3,(H,22,23). The third kappa shape index (κ3) is 3.85.